The Hall–Kier alpha value is -1.85. The van der Waals surface area contributed by atoms with Gasteiger partial charge in [-0.3, -0.25) is 4.90 Å². The summed E-state index contributed by atoms with van der Waals surface area (Å²) in [4.78, 5) is 6.02. The lowest BCUT2D eigenvalue weighted by atomic mass is 9.96. The molecule has 1 heterocycles. The SMILES string of the molecule is S=C(Sc1ccc(Cl)cc1)N1CCN(C(c2ccccc2)c2ccccc2)CC1. The van der Waals surface area contributed by atoms with E-state index in [4.69, 9.17) is 23.8 Å². The molecule has 1 fully saturated rings. The van der Waals surface area contributed by atoms with Crippen LogP contribution in [0.25, 0.3) is 0 Å². The first-order valence-electron chi connectivity index (χ1n) is 9.77. The Bertz CT molecular complexity index is 885. The first-order chi connectivity index (χ1) is 14.2. The summed E-state index contributed by atoms with van der Waals surface area (Å²) in [5, 5.41) is 0.752. The van der Waals surface area contributed by atoms with Crippen LogP contribution >= 0.6 is 35.6 Å². The Morgan fingerprint density at radius 2 is 1.28 bits per heavy atom. The lowest BCUT2D eigenvalue weighted by Crippen LogP contribution is -2.48. The average Bonchev–Trinajstić information content (AvgIpc) is 2.77. The minimum atomic E-state index is 0.275. The van der Waals surface area contributed by atoms with Gasteiger partial charge >= 0.3 is 0 Å². The average molecular weight is 439 g/mol. The van der Waals surface area contributed by atoms with Crippen LogP contribution in [0.4, 0.5) is 0 Å². The molecule has 1 aliphatic heterocycles. The van der Waals surface area contributed by atoms with Gasteiger partial charge < -0.3 is 4.90 Å². The molecule has 4 rings (SSSR count). The van der Waals surface area contributed by atoms with Crippen LogP contribution in [-0.2, 0) is 0 Å². The molecule has 0 spiro atoms. The molecule has 3 aromatic rings. The van der Waals surface area contributed by atoms with Gasteiger partial charge in [0.15, 0.2) is 0 Å². The zero-order chi connectivity index (χ0) is 20.1. The van der Waals surface area contributed by atoms with E-state index >= 15 is 0 Å². The molecule has 0 radical (unpaired) electrons. The van der Waals surface area contributed by atoms with Crippen molar-refractivity contribution in [2.45, 2.75) is 10.9 Å². The zero-order valence-electron chi connectivity index (χ0n) is 16.1. The molecule has 1 aliphatic rings. The van der Waals surface area contributed by atoms with Crippen molar-refractivity contribution in [3.05, 3.63) is 101 Å². The van der Waals surface area contributed by atoms with Gasteiger partial charge in [-0.2, -0.15) is 0 Å². The monoisotopic (exact) mass is 438 g/mol. The molecule has 0 saturated carbocycles. The van der Waals surface area contributed by atoms with Gasteiger partial charge in [0.1, 0.15) is 4.32 Å². The van der Waals surface area contributed by atoms with Crippen molar-refractivity contribution in [1.29, 1.82) is 0 Å². The minimum absolute atomic E-state index is 0.275. The van der Waals surface area contributed by atoms with Gasteiger partial charge in [-0.25, -0.2) is 0 Å². The normalized spacial score (nSPS) is 14.9. The number of benzene rings is 3. The van der Waals surface area contributed by atoms with Crippen LogP contribution in [0.2, 0.25) is 5.02 Å². The van der Waals surface area contributed by atoms with Crippen molar-refractivity contribution in [2.75, 3.05) is 26.2 Å². The summed E-state index contributed by atoms with van der Waals surface area (Å²) in [5.74, 6) is 0. The molecule has 0 bridgehead atoms. The Kier molecular flexibility index (Phi) is 6.88. The summed E-state index contributed by atoms with van der Waals surface area (Å²) in [7, 11) is 0. The third-order valence-corrected chi connectivity index (χ3v) is 6.89. The van der Waals surface area contributed by atoms with Crippen LogP contribution in [0.15, 0.2) is 89.8 Å². The van der Waals surface area contributed by atoms with Crippen LogP contribution in [0.1, 0.15) is 17.2 Å². The van der Waals surface area contributed by atoms with Gasteiger partial charge in [-0.05, 0) is 35.4 Å². The smallest absolute Gasteiger partial charge is 0.141 e. The maximum atomic E-state index is 5.99. The van der Waals surface area contributed by atoms with Gasteiger partial charge in [0.25, 0.3) is 0 Å². The highest BCUT2D eigenvalue weighted by atomic mass is 35.5. The van der Waals surface area contributed by atoms with E-state index in [1.165, 1.54) is 11.1 Å². The lowest BCUT2D eigenvalue weighted by molar-refractivity contribution is 0.153. The van der Waals surface area contributed by atoms with Crippen LogP contribution < -0.4 is 0 Å². The number of hydrogen-bond donors (Lipinski definition) is 0. The van der Waals surface area contributed by atoms with Gasteiger partial charge in [0.05, 0.1) is 6.04 Å². The summed E-state index contributed by atoms with van der Waals surface area (Å²) in [6.07, 6.45) is 0. The van der Waals surface area contributed by atoms with Gasteiger partial charge in [0, 0.05) is 36.1 Å². The lowest BCUT2D eigenvalue weighted by Gasteiger charge is -2.40. The summed E-state index contributed by atoms with van der Waals surface area (Å²) in [6.45, 7) is 3.84. The van der Waals surface area contributed by atoms with E-state index in [0.717, 1.165) is 40.4 Å². The van der Waals surface area contributed by atoms with E-state index in [-0.39, 0.29) is 6.04 Å². The number of rotatable bonds is 4. The molecule has 3 aromatic carbocycles. The zero-order valence-corrected chi connectivity index (χ0v) is 18.5. The predicted octanol–water partition coefficient (Wildman–Crippen LogP) is 6.12. The fraction of sp³-hybridized carbons (Fsp3) is 0.208. The van der Waals surface area contributed by atoms with Crippen molar-refractivity contribution in [1.82, 2.24) is 9.80 Å². The number of thiocarbonyl (C=S) groups is 1. The molecule has 0 atom stereocenters. The summed E-state index contributed by atoms with van der Waals surface area (Å²) in [5.41, 5.74) is 2.68. The molecule has 0 amide bonds. The van der Waals surface area contributed by atoms with Crippen LogP contribution in [0.5, 0.6) is 0 Å². The summed E-state index contributed by atoms with van der Waals surface area (Å²) in [6, 6.07) is 29.7. The second kappa shape index (κ2) is 9.77. The number of nitrogens with zero attached hydrogens (tertiary/aromatic N) is 2. The fourth-order valence-electron chi connectivity index (χ4n) is 3.72. The van der Waals surface area contributed by atoms with Crippen LogP contribution in [0.3, 0.4) is 0 Å². The maximum absolute atomic E-state index is 5.99. The molecule has 148 valence electrons. The van der Waals surface area contributed by atoms with Gasteiger partial charge in [-0.15, -0.1) is 0 Å². The Morgan fingerprint density at radius 1 is 0.759 bits per heavy atom. The summed E-state index contributed by atoms with van der Waals surface area (Å²) >= 11 is 13.3. The molecule has 5 heteroatoms. The van der Waals surface area contributed by atoms with Crippen molar-refractivity contribution >= 4 is 39.9 Å². The van der Waals surface area contributed by atoms with Crippen molar-refractivity contribution in [2.24, 2.45) is 0 Å². The minimum Gasteiger partial charge on any atom is -0.355 e. The van der Waals surface area contributed by atoms with Crippen molar-refractivity contribution in [3.63, 3.8) is 0 Å². The maximum Gasteiger partial charge on any atom is 0.141 e. The molecular weight excluding hydrogens is 416 g/mol. The third-order valence-electron chi connectivity index (χ3n) is 5.19. The fourth-order valence-corrected chi connectivity index (χ4v) is 5.10. The van der Waals surface area contributed by atoms with Gasteiger partial charge in [0.2, 0.25) is 0 Å². The molecule has 1 saturated heterocycles. The molecule has 0 aliphatic carbocycles. The van der Waals surface area contributed by atoms with E-state index in [9.17, 15) is 0 Å². The van der Waals surface area contributed by atoms with Crippen molar-refractivity contribution < 1.29 is 0 Å². The van der Waals surface area contributed by atoms with E-state index in [2.05, 4.69) is 70.5 Å². The largest absolute Gasteiger partial charge is 0.355 e. The highest BCUT2D eigenvalue weighted by molar-refractivity contribution is 8.22. The number of halogens is 1. The third kappa shape index (κ3) is 5.20. The van der Waals surface area contributed by atoms with E-state index < -0.39 is 0 Å². The van der Waals surface area contributed by atoms with Crippen LogP contribution in [0, 0.1) is 0 Å². The molecule has 0 N–H and O–H groups in total. The Labute approximate surface area is 187 Å². The van der Waals surface area contributed by atoms with E-state index in [1.54, 1.807) is 11.8 Å². The highest BCUT2D eigenvalue weighted by Crippen LogP contribution is 2.30. The van der Waals surface area contributed by atoms with E-state index in [0.29, 0.717) is 0 Å². The van der Waals surface area contributed by atoms with Gasteiger partial charge in [-0.1, -0.05) is 96.2 Å². The first kappa shape index (κ1) is 20.4. The molecule has 29 heavy (non-hydrogen) atoms. The Balaban J connectivity index is 1.44. The second-order valence-corrected chi connectivity index (χ2v) is 9.21. The standard InChI is InChI=1S/C24H23ClN2S2/c25-21-11-13-22(14-12-21)29-24(28)27-17-15-26(16-18-27)23(19-7-3-1-4-8-19)20-9-5-2-6-10-20/h1-14,23H,15-18H2. The molecule has 0 aromatic heterocycles. The Morgan fingerprint density at radius 3 is 1.79 bits per heavy atom. The molecular formula is C24H23ClN2S2. The quantitative estimate of drug-likeness (QED) is 0.357. The second-order valence-electron chi connectivity index (χ2n) is 7.07. The number of thioether (sulfide) groups is 1. The van der Waals surface area contributed by atoms with E-state index in [1.807, 2.05) is 24.3 Å². The van der Waals surface area contributed by atoms with Crippen molar-refractivity contribution in [3.8, 4) is 0 Å². The first-order valence-corrected chi connectivity index (χ1v) is 11.4. The number of hydrogen-bond acceptors (Lipinski definition) is 3. The summed E-state index contributed by atoms with van der Waals surface area (Å²) < 4.78 is 0.933. The molecule has 2 nitrogen and oxygen atoms in total. The molecule has 0 unspecified atom stereocenters. The topological polar surface area (TPSA) is 6.48 Å². The number of piperazine rings is 1. The predicted molar refractivity (Wildman–Crippen MR) is 128 cm³/mol. The highest BCUT2D eigenvalue weighted by Gasteiger charge is 2.27. The van der Waals surface area contributed by atoms with Crippen LogP contribution in [-0.4, -0.2) is 40.3 Å².